The first-order valence-electron chi connectivity index (χ1n) is 8.41. The molecule has 0 radical (unpaired) electrons. The summed E-state index contributed by atoms with van der Waals surface area (Å²) in [5, 5.41) is 9.19. The number of rotatable bonds is 7. The Balaban J connectivity index is 2.34. The Morgan fingerprint density at radius 1 is 1.12 bits per heavy atom. The van der Waals surface area contributed by atoms with Crippen LogP contribution in [0.4, 0.5) is 0 Å². The average Bonchev–Trinajstić information content (AvgIpc) is 2.56. The first-order chi connectivity index (χ1) is 11.8. The predicted octanol–water partition coefficient (Wildman–Crippen LogP) is 4.70. The normalized spacial score (nSPS) is 11.0. The van der Waals surface area contributed by atoms with E-state index in [0.29, 0.717) is 11.5 Å². The van der Waals surface area contributed by atoms with E-state index >= 15 is 0 Å². The van der Waals surface area contributed by atoms with Gasteiger partial charge in [-0.1, -0.05) is 26.0 Å². The van der Waals surface area contributed by atoms with Gasteiger partial charge in [0.1, 0.15) is 5.75 Å². The second-order valence-electron chi connectivity index (χ2n) is 6.65. The Kier molecular flexibility index (Phi) is 6.21. The molecule has 0 aliphatic heterocycles. The lowest BCUT2D eigenvalue weighted by Gasteiger charge is -2.17. The van der Waals surface area contributed by atoms with E-state index in [9.17, 15) is 9.90 Å². The molecule has 0 saturated heterocycles. The quantitative estimate of drug-likeness (QED) is 0.741. The van der Waals surface area contributed by atoms with E-state index in [0.717, 1.165) is 28.9 Å². The van der Waals surface area contributed by atoms with Crippen molar-refractivity contribution < 1.29 is 19.4 Å². The number of ether oxygens (including phenoxy) is 2. The summed E-state index contributed by atoms with van der Waals surface area (Å²) in [6.45, 7) is 8.43. The molecule has 1 N–H and O–H groups in total. The number of hydrogen-bond acceptors (Lipinski definition) is 3. The van der Waals surface area contributed by atoms with E-state index in [1.54, 1.807) is 19.2 Å². The van der Waals surface area contributed by atoms with Crippen molar-refractivity contribution in [1.82, 2.24) is 0 Å². The summed E-state index contributed by atoms with van der Waals surface area (Å²) in [7, 11) is 1.61. The molecular weight excluding hydrogens is 316 g/mol. The standard InChI is InChI=1S/C21H26O4/c1-13(2)18-10-16(6-7-20(18)25-12-24-5)11-19-14(3)8-17(21(22)23)9-15(19)4/h6-10,13H,11-12H2,1-5H3,(H,22,23). The molecule has 2 aromatic rings. The van der Waals surface area contributed by atoms with Gasteiger partial charge in [-0.3, -0.25) is 0 Å². The first kappa shape index (κ1) is 19.0. The van der Waals surface area contributed by atoms with Crippen LogP contribution in [-0.4, -0.2) is 25.0 Å². The zero-order valence-electron chi connectivity index (χ0n) is 15.6. The molecule has 2 rings (SSSR count). The fraction of sp³-hybridized carbons (Fsp3) is 0.381. The van der Waals surface area contributed by atoms with Crippen molar-refractivity contribution in [2.75, 3.05) is 13.9 Å². The fourth-order valence-corrected chi connectivity index (χ4v) is 3.01. The lowest BCUT2D eigenvalue weighted by Crippen LogP contribution is -2.05. The van der Waals surface area contributed by atoms with E-state index < -0.39 is 5.97 Å². The van der Waals surface area contributed by atoms with Gasteiger partial charge in [-0.15, -0.1) is 0 Å². The molecule has 0 amide bonds. The lowest BCUT2D eigenvalue weighted by atomic mass is 9.92. The van der Waals surface area contributed by atoms with Crippen LogP contribution in [0.5, 0.6) is 5.75 Å². The maximum absolute atomic E-state index is 11.2. The first-order valence-corrected chi connectivity index (χ1v) is 8.41. The lowest BCUT2D eigenvalue weighted by molar-refractivity contribution is 0.0502. The van der Waals surface area contributed by atoms with E-state index in [2.05, 4.69) is 26.0 Å². The van der Waals surface area contributed by atoms with Crippen LogP contribution in [0, 0.1) is 13.8 Å². The number of methoxy groups -OCH3 is 1. The molecule has 0 heterocycles. The van der Waals surface area contributed by atoms with Crippen LogP contribution in [0.3, 0.4) is 0 Å². The van der Waals surface area contributed by atoms with Gasteiger partial charge in [0.15, 0.2) is 6.79 Å². The van der Waals surface area contributed by atoms with Gasteiger partial charge in [-0.2, -0.15) is 0 Å². The summed E-state index contributed by atoms with van der Waals surface area (Å²) in [4.78, 5) is 11.2. The van der Waals surface area contributed by atoms with Crippen LogP contribution in [0.2, 0.25) is 0 Å². The van der Waals surface area contributed by atoms with Crippen LogP contribution < -0.4 is 4.74 Å². The molecule has 0 aliphatic rings. The highest BCUT2D eigenvalue weighted by Crippen LogP contribution is 2.29. The highest BCUT2D eigenvalue weighted by Gasteiger charge is 2.13. The van der Waals surface area contributed by atoms with Crippen molar-refractivity contribution in [3.63, 3.8) is 0 Å². The number of benzene rings is 2. The molecule has 4 heteroatoms. The highest BCUT2D eigenvalue weighted by atomic mass is 16.7. The van der Waals surface area contributed by atoms with Gasteiger partial charge in [-0.25, -0.2) is 4.79 Å². The van der Waals surface area contributed by atoms with Crippen molar-refractivity contribution in [1.29, 1.82) is 0 Å². The molecule has 2 aromatic carbocycles. The van der Waals surface area contributed by atoms with Gasteiger partial charge in [0.25, 0.3) is 0 Å². The Bertz CT molecular complexity index is 739. The van der Waals surface area contributed by atoms with Gasteiger partial charge < -0.3 is 14.6 Å². The molecular formula is C21H26O4. The summed E-state index contributed by atoms with van der Waals surface area (Å²) >= 11 is 0. The van der Waals surface area contributed by atoms with Crippen LogP contribution in [0.15, 0.2) is 30.3 Å². The molecule has 0 saturated carbocycles. The number of hydrogen-bond donors (Lipinski definition) is 1. The fourth-order valence-electron chi connectivity index (χ4n) is 3.01. The Labute approximate surface area is 149 Å². The van der Waals surface area contributed by atoms with E-state index in [1.807, 2.05) is 19.9 Å². The molecule has 4 nitrogen and oxygen atoms in total. The van der Waals surface area contributed by atoms with Crippen molar-refractivity contribution >= 4 is 5.97 Å². The molecule has 0 aromatic heterocycles. The van der Waals surface area contributed by atoms with Gasteiger partial charge >= 0.3 is 5.97 Å². The SMILES string of the molecule is COCOc1ccc(Cc2c(C)cc(C(=O)O)cc2C)cc1C(C)C. The Morgan fingerprint density at radius 2 is 1.76 bits per heavy atom. The average molecular weight is 342 g/mol. The molecule has 0 spiro atoms. The molecule has 0 bridgehead atoms. The Morgan fingerprint density at radius 3 is 2.28 bits per heavy atom. The molecule has 25 heavy (non-hydrogen) atoms. The minimum Gasteiger partial charge on any atom is -0.478 e. The summed E-state index contributed by atoms with van der Waals surface area (Å²) in [5.74, 6) is 0.290. The maximum atomic E-state index is 11.2. The zero-order valence-corrected chi connectivity index (χ0v) is 15.6. The van der Waals surface area contributed by atoms with Crippen molar-refractivity contribution in [3.05, 3.63) is 63.7 Å². The molecule has 134 valence electrons. The van der Waals surface area contributed by atoms with Crippen molar-refractivity contribution in [3.8, 4) is 5.75 Å². The number of carboxylic acid groups (broad SMARTS) is 1. The van der Waals surface area contributed by atoms with Crippen LogP contribution in [0.1, 0.15) is 57.9 Å². The molecule has 0 unspecified atom stereocenters. The molecule has 0 fully saturated rings. The number of aromatic carboxylic acids is 1. The topological polar surface area (TPSA) is 55.8 Å². The van der Waals surface area contributed by atoms with Gasteiger partial charge in [0, 0.05) is 7.11 Å². The van der Waals surface area contributed by atoms with Crippen LogP contribution in [-0.2, 0) is 11.2 Å². The minimum atomic E-state index is -0.889. The van der Waals surface area contributed by atoms with Crippen molar-refractivity contribution in [2.45, 2.75) is 40.0 Å². The van der Waals surface area contributed by atoms with Gasteiger partial charge in [0.2, 0.25) is 0 Å². The van der Waals surface area contributed by atoms with Crippen LogP contribution >= 0.6 is 0 Å². The van der Waals surface area contributed by atoms with Gasteiger partial charge in [-0.05, 0) is 72.2 Å². The summed E-state index contributed by atoms with van der Waals surface area (Å²) in [6, 6.07) is 9.69. The third-order valence-electron chi connectivity index (χ3n) is 4.35. The molecule has 0 aliphatic carbocycles. The largest absolute Gasteiger partial charge is 0.478 e. The number of carboxylic acids is 1. The van der Waals surface area contributed by atoms with Gasteiger partial charge in [0.05, 0.1) is 5.56 Å². The second kappa shape index (κ2) is 8.17. The smallest absolute Gasteiger partial charge is 0.335 e. The third-order valence-corrected chi connectivity index (χ3v) is 4.35. The Hall–Kier alpha value is -2.33. The van der Waals surface area contributed by atoms with Crippen LogP contribution in [0.25, 0.3) is 0 Å². The van der Waals surface area contributed by atoms with E-state index in [4.69, 9.17) is 9.47 Å². The number of carbonyl (C=O) groups is 1. The number of aryl methyl sites for hydroxylation is 2. The summed E-state index contributed by atoms with van der Waals surface area (Å²) < 4.78 is 10.7. The zero-order chi connectivity index (χ0) is 18.6. The summed E-state index contributed by atoms with van der Waals surface area (Å²) in [6.07, 6.45) is 0.766. The minimum absolute atomic E-state index is 0.230. The second-order valence-corrected chi connectivity index (χ2v) is 6.65. The maximum Gasteiger partial charge on any atom is 0.335 e. The van der Waals surface area contributed by atoms with E-state index in [1.165, 1.54) is 11.1 Å². The summed E-state index contributed by atoms with van der Waals surface area (Å²) in [5.41, 5.74) is 5.84. The van der Waals surface area contributed by atoms with Crippen molar-refractivity contribution in [2.24, 2.45) is 0 Å². The molecule has 0 atom stereocenters. The predicted molar refractivity (Wildman–Crippen MR) is 98.7 cm³/mol. The monoisotopic (exact) mass is 342 g/mol. The van der Waals surface area contributed by atoms with E-state index in [-0.39, 0.29) is 6.79 Å². The third kappa shape index (κ3) is 4.60. The highest BCUT2D eigenvalue weighted by molar-refractivity contribution is 5.88.